The van der Waals surface area contributed by atoms with E-state index in [0.717, 1.165) is 6.42 Å². The summed E-state index contributed by atoms with van der Waals surface area (Å²) in [4.78, 5) is 0. The van der Waals surface area contributed by atoms with E-state index < -0.39 is 0 Å². The molecular weight excluding hydrogens is 154 g/mol. The molecule has 0 spiro atoms. The van der Waals surface area contributed by atoms with E-state index in [1.54, 1.807) is 7.11 Å². The topological polar surface area (TPSA) is 44.5 Å². The molecular formula is C9H21NO2. The zero-order chi connectivity index (χ0) is 9.56. The maximum Gasteiger partial charge on any atom is 0.0783 e. The molecule has 0 radical (unpaired) electrons. The molecule has 3 atom stereocenters. The first kappa shape index (κ1) is 11.9. The maximum absolute atomic E-state index is 5.63. The van der Waals surface area contributed by atoms with Gasteiger partial charge in [-0.25, -0.2) is 0 Å². The van der Waals surface area contributed by atoms with E-state index in [4.69, 9.17) is 15.2 Å². The van der Waals surface area contributed by atoms with Crippen LogP contribution in [0.2, 0.25) is 0 Å². The summed E-state index contributed by atoms with van der Waals surface area (Å²) < 4.78 is 10.5. The Hall–Kier alpha value is -0.120. The lowest BCUT2D eigenvalue weighted by Crippen LogP contribution is -2.27. The lowest BCUT2D eigenvalue weighted by molar-refractivity contribution is -0.0353. The second-order valence-corrected chi connectivity index (χ2v) is 3.43. The molecule has 0 saturated carbocycles. The van der Waals surface area contributed by atoms with E-state index in [0.29, 0.717) is 6.61 Å². The molecule has 74 valence electrons. The Morgan fingerprint density at radius 2 is 1.75 bits per heavy atom. The van der Waals surface area contributed by atoms with Crippen molar-refractivity contribution in [2.45, 2.75) is 45.4 Å². The Labute approximate surface area is 75.2 Å². The Kier molecular flexibility index (Phi) is 6.34. The number of hydrogen-bond donors (Lipinski definition) is 1. The van der Waals surface area contributed by atoms with Gasteiger partial charge in [-0.2, -0.15) is 0 Å². The summed E-state index contributed by atoms with van der Waals surface area (Å²) in [5, 5.41) is 0. The lowest BCUT2D eigenvalue weighted by atomic mass is 10.2. The molecule has 0 aromatic heterocycles. The van der Waals surface area contributed by atoms with Gasteiger partial charge in [0.1, 0.15) is 0 Å². The molecule has 0 heterocycles. The molecule has 0 rings (SSSR count). The third kappa shape index (κ3) is 6.58. The molecule has 0 amide bonds. The molecule has 0 aromatic carbocycles. The summed E-state index contributed by atoms with van der Waals surface area (Å²) in [5.74, 6) is 0. The average molecular weight is 175 g/mol. The van der Waals surface area contributed by atoms with Gasteiger partial charge < -0.3 is 15.2 Å². The fraction of sp³-hybridized carbons (Fsp3) is 1.00. The number of nitrogens with two attached hydrogens (primary N) is 1. The van der Waals surface area contributed by atoms with Crippen molar-refractivity contribution in [3.05, 3.63) is 0 Å². The van der Waals surface area contributed by atoms with Gasteiger partial charge in [-0.05, 0) is 27.2 Å². The van der Waals surface area contributed by atoms with Crippen LogP contribution in [0.3, 0.4) is 0 Å². The minimum absolute atomic E-state index is 0.156. The van der Waals surface area contributed by atoms with Crippen molar-refractivity contribution < 1.29 is 9.47 Å². The van der Waals surface area contributed by atoms with Gasteiger partial charge in [0, 0.05) is 13.2 Å². The van der Waals surface area contributed by atoms with Crippen LogP contribution in [0, 0.1) is 0 Å². The first-order valence-corrected chi connectivity index (χ1v) is 4.46. The van der Waals surface area contributed by atoms with Gasteiger partial charge >= 0.3 is 0 Å². The highest BCUT2D eigenvalue weighted by atomic mass is 16.5. The lowest BCUT2D eigenvalue weighted by Gasteiger charge is -2.19. The summed E-state index contributed by atoms with van der Waals surface area (Å²) in [7, 11) is 1.68. The van der Waals surface area contributed by atoms with Crippen LogP contribution in [-0.2, 0) is 9.47 Å². The van der Waals surface area contributed by atoms with Gasteiger partial charge in [-0.15, -0.1) is 0 Å². The third-order valence-corrected chi connectivity index (χ3v) is 1.57. The van der Waals surface area contributed by atoms with Crippen molar-refractivity contribution in [3.8, 4) is 0 Å². The zero-order valence-corrected chi connectivity index (χ0v) is 8.54. The summed E-state index contributed by atoms with van der Waals surface area (Å²) >= 11 is 0. The summed E-state index contributed by atoms with van der Waals surface area (Å²) in [5.41, 5.74) is 5.63. The van der Waals surface area contributed by atoms with Crippen LogP contribution in [0.1, 0.15) is 27.2 Å². The SMILES string of the molecule is COCC(C)OC(C)CC(C)N. The number of ether oxygens (including phenoxy) is 2. The molecule has 3 nitrogen and oxygen atoms in total. The second-order valence-electron chi connectivity index (χ2n) is 3.43. The van der Waals surface area contributed by atoms with E-state index >= 15 is 0 Å². The average Bonchev–Trinajstić information content (AvgIpc) is 1.84. The highest BCUT2D eigenvalue weighted by Gasteiger charge is 2.09. The van der Waals surface area contributed by atoms with Crippen molar-refractivity contribution in [2.75, 3.05) is 13.7 Å². The third-order valence-electron chi connectivity index (χ3n) is 1.57. The smallest absolute Gasteiger partial charge is 0.0783 e. The Morgan fingerprint density at radius 3 is 2.17 bits per heavy atom. The highest BCUT2D eigenvalue weighted by molar-refractivity contribution is 4.61. The fourth-order valence-electron chi connectivity index (χ4n) is 1.25. The fourth-order valence-corrected chi connectivity index (χ4v) is 1.25. The van der Waals surface area contributed by atoms with Crippen LogP contribution in [0.4, 0.5) is 0 Å². The number of hydrogen-bond acceptors (Lipinski definition) is 3. The quantitative estimate of drug-likeness (QED) is 0.659. The largest absolute Gasteiger partial charge is 0.382 e. The van der Waals surface area contributed by atoms with Gasteiger partial charge in [-0.3, -0.25) is 0 Å². The minimum atomic E-state index is 0.156. The molecule has 3 heteroatoms. The van der Waals surface area contributed by atoms with Crippen LogP contribution in [0.25, 0.3) is 0 Å². The number of rotatable bonds is 6. The predicted octanol–water partition coefficient (Wildman–Crippen LogP) is 1.16. The van der Waals surface area contributed by atoms with Crippen molar-refractivity contribution in [1.82, 2.24) is 0 Å². The molecule has 3 unspecified atom stereocenters. The minimum Gasteiger partial charge on any atom is -0.382 e. The first-order valence-electron chi connectivity index (χ1n) is 4.46. The maximum atomic E-state index is 5.63. The van der Waals surface area contributed by atoms with E-state index in [-0.39, 0.29) is 18.2 Å². The van der Waals surface area contributed by atoms with Crippen molar-refractivity contribution in [3.63, 3.8) is 0 Å². The Bertz CT molecular complexity index is 107. The summed E-state index contributed by atoms with van der Waals surface area (Å²) in [6.07, 6.45) is 1.27. The van der Waals surface area contributed by atoms with Crippen molar-refractivity contribution in [2.24, 2.45) is 5.73 Å². The van der Waals surface area contributed by atoms with Crippen molar-refractivity contribution in [1.29, 1.82) is 0 Å². The molecule has 0 aliphatic heterocycles. The van der Waals surface area contributed by atoms with E-state index in [2.05, 4.69) is 0 Å². The normalized spacial score (nSPS) is 18.8. The molecule has 0 aliphatic carbocycles. The molecule has 0 saturated heterocycles. The van der Waals surface area contributed by atoms with Crippen LogP contribution in [-0.4, -0.2) is 32.0 Å². The van der Waals surface area contributed by atoms with Crippen LogP contribution in [0.5, 0.6) is 0 Å². The molecule has 0 bridgehead atoms. The highest BCUT2D eigenvalue weighted by Crippen LogP contribution is 2.04. The Balaban J connectivity index is 3.46. The van der Waals surface area contributed by atoms with E-state index in [1.807, 2.05) is 20.8 Å². The van der Waals surface area contributed by atoms with Crippen LogP contribution in [0.15, 0.2) is 0 Å². The second kappa shape index (κ2) is 6.40. The molecule has 2 N–H and O–H groups in total. The summed E-state index contributed by atoms with van der Waals surface area (Å²) in [6.45, 7) is 6.67. The zero-order valence-electron chi connectivity index (χ0n) is 8.54. The van der Waals surface area contributed by atoms with Gasteiger partial charge in [0.05, 0.1) is 18.8 Å². The molecule has 0 aromatic rings. The molecule has 0 fully saturated rings. The monoisotopic (exact) mass is 175 g/mol. The van der Waals surface area contributed by atoms with Crippen molar-refractivity contribution >= 4 is 0 Å². The molecule has 0 aliphatic rings. The first-order chi connectivity index (χ1) is 5.56. The predicted molar refractivity (Wildman–Crippen MR) is 50.2 cm³/mol. The summed E-state index contributed by atoms with van der Waals surface area (Å²) in [6, 6.07) is 0.203. The molecule has 12 heavy (non-hydrogen) atoms. The number of methoxy groups -OCH3 is 1. The van der Waals surface area contributed by atoms with Gasteiger partial charge in [-0.1, -0.05) is 0 Å². The standard InChI is InChI=1S/C9H21NO2/c1-7(10)5-8(2)12-9(3)6-11-4/h7-9H,5-6,10H2,1-4H3. The van der Waals surface area contributed by atoms with E-state index in [9.17, 15) is 0 Å². The van der Waals surface area contributed by atoms with E-state index in [1.165, 1.54) is 0 Å². The van der Waals surface area contributed by atoms with Gasteiger partial charge in [0.15, 0.2) is 0 Å². The van der Waals surface area contributed by atoms with Crippen LogP contribution >= 0.6 is 0 Å². The van der Waals surface area contributed by atoms with Crippen LogP contribution < -0.4 is 5.73 Å². The van der Waals surface area contributed by atoms with Gasteiger partial charge in [0.2, 0.25) is 0 Å². The Morgan fingerprint density at radius 1 is 1.17 bits per heavy atom. The van der Waals surface area contributed by atoms with Gasteiger partial charge in [0.25, 0.3) is 0 Å².